The second-order valence-electron chi connectivity index (χ2n) is 11.5. The molecular formula is C30H50N4O6. The number of Topliss-reactive ketones (excluding diaryl/α,β-unsaturated/α-hetero) is 1. The van der Waals surface area contributed by atoms with E-state index in [1.54, 1.807) is 11.0 Å². The van der Waals surface area contributed by atoms with E-state index in [2.05, 4.69) is 36.4 Å². The number of ether oxygens (including phenoxy) is 1. The highest BCUT2D eigenvalue weighted by Gasteiger charge is 2.38. The lowest BCUT2D eigenvalue weighted by atomic mass is 9.94. The molecule has 1 saturated heterocycles. The van der Waals surface area contributed by atoms with Gasteiger partial charge in [0.05, 0.1) is 6.04 Å². The van der Waals surface area contributed by atoms with Crippen LogP contribution in [0.15, 0.2) is 12.7 Å². The highest BCUT2D eigenvalue weighted by molar-refractivity contribution is 6.38. The van der Waals surface area contributed by atoms with E-state index in [-0.39, 0.29) is 24.3 Å². The Morgan fingerprint density at radius 1 is 1.05 bits per heavy atom. The third-order valence-electron chi connectivity index (χ3n) is 7.99. The molecule has 0 aromatic carbocycles. The van der Waals surface area contributed by atoms with Crippen LogP contribution >= 0.6 is 0 Å². The van der Waals surface area contributed by atoms with Gasteiger partial charge < -0.3 is 25.6 Å². The van der Waals surface area contributed by atoms with Crippen LogP contribution in [0.5, 0.6) is 0 Å². The Kier molecular flexibility index (Phi) is 14.2. The van der Waals surface area contributed by atoms with Gasteiger partial charge in [0.1, 0.15) is 12.1 Å². The summed E-state index contributed by atoms with van der Waals surface area (Å²) in [5.41, 5.74) is 0. The Morgan fingerprint density at radius 3 is 2.40 bits per heavy atom. The maximum Gasteiger partial charge on any atom is 0.407 e. The number of ketones is 1. The van der Waals surface area contributed by atoms with Gasteiger partial charge in [0.2, 0.25) is 17.6 Å². The third-order valence-corrected chi connectivity index (χ3v) is 7.99. The molecule has 0 radical (unpaired) electrons. The summed E-state index contributed by atoms with van der Waals surface area (Å²) >= 11 is 0. The number of hydrogen-bond acceptors (Lipinski definition) is 6. The molecule has 10 heteroatoms. The lowest BCUT2D eigenvalue weighted by Gasteiger charge is -2.30. The first-order valence-corrected chi connectivity index (χ1v) is 15.1. The number of carbonyl (C=O) groups is 5. The number of nitrogens with zero attached hydrogens (tertiary/aromatic N) is 1. The van der Waals surface area contributed by atoms with E-state index in [0.717, 1.165) is 32.1 Å². The SMILES string of the molecule is C=CCCNC(=O)C(=O)C(CCC)NC(=O)C1CCCN1C(=O)CC(NC(=O)OC1CCC(C)C1)C(C)CCC. The minimum atomic E-state index is -0.953. The van der Waals surface area contributed by atoms with E-state index in [1.807, 2.05) is 13.8 Å². The third kappa shape index (κ3) is 10.2. The van der Waals surface area contributed by atoms with Crippen LogP contribution < -0.4 is 16.0 Å². The average Bonchev–Trinajstić information content (AvgIpc) is 3.57. The number of nitrogens with one attached hydrogen (secondary N) is 3. The molecule has 0 spiro atoms. The van der Waals surface area contributed by atoms with Crippen molar-refractivity contribution in [2.45, 2.75) is 123 Å². The summed E-state index contributed by atoms with van der Waals surface area (Å²) in [5, 5.41) is 8.22. The zero-order valence-electron chi connectivity index (χ0n) is 24.8. The summed E-state index contributed by atoms with van der Waals surface area (Å²) in [6.07, 6.45) is 8.18. The number of alkyl carbamates (subject to hydrolysis) is 1. The molecule has 6 atom stereocenters. The molecule has 226 valence electrons. The van der Waals surface area contributed by atoms with Crippen molar-refractivity contribution in [3.63, 3.8) is 0 Å². The van der Waals surface area contributed by atoms with Crippen molar-refractivity contribution >= 4 is 29.6 Å². The largest absolute Gasteiger partial charge is 0.446 e. The first-order valence-electron chi connectivity index (χ1n) is 15.1. The maximum absolute atomic E-state index is 13.5. The molecule has 3 N–H and O–H groups in total. The molecule has 0 aromatic rings. The standard InChI is InChI=1S/C30H50N4O6/c1-6-9-16-31-29(38)27(36)23(12-8-3)32-28(37)25-13-10-17-34(25)26(35)19-24(21(5)11-7-2)33-30(39)40-22-15-14-20(4)18-22/h6,20-25H,1,7-19H2,2-5H3,(H,31,38)(H,32,37)(H,33,39). The van der Waals surface area contributed by atoms with E-state index in [4.69, 9.17) is 4.74 Å². The van der Waals surface area contributed by atoms with Gasteiger partial charge in [0, 0.05) is 25.6 Å². The second kappa shape index (κ2) is 17.0. The van der Waals surface area contributed by atoms with Gasteiger partial charge in [0.25, 0.3) is 5.91 Å². The van der Waals surface area contributed by atoms with Gasteiger partial charge in [-0.15, -0.1) is 6.58 Å². The van der Waals surface area contributed by atoms with Crippen LogP contribution in [0.2, 0.25) is 0 Å². The maximum atomic E-state index is 13.5. The Bertz CT molecular complexity index is 893. The van der Waals surface area contributed by atoms with Crippen molar-refractivity contribution in [3.05, 3.63) is 12.7 Å². The Morgan fingerprint density at radius 2 is 1.77 bits per heavy atom. The molecule has 0 bridgehead atoms. The lowest BCUT2D eigenvalue weighted by Crippen LogP contribution is -2.54. The van der Waals surface area contributed by atoms with E-state index in [1.165, 1.54) is 0 Å². The fourth-order valence-corrected chi connectivity index (χ4v) is 5.65. The first-order chi connectivity index (χ1) is 19.1. The summed E-state index contributed by atoms with van der Waals surface area (Å²) in [4.78, 5) is 66.0. The van der Waals surface area contributed by atoms with Gasteiger partial charge in [-0.05, 0) is 63.2 Å². The van der Waals surface area contributed by atoms with Crippen molar-refractivity contribution in [2.24, 2.45) is 11.8 Å². The quantitative estimate of drug-likeness (QED) is 0.149. The van der Waals surface area contributed by atoms with E-state index in [0.29, 0.717) is 51.1 Å². The molecule has 10 nitrogen and oxygen atoms in total. The van der Waals surface area contributed by atoms with Gasteiger partial charge >= 0.3 is 6.09 Å². The van der Waals surface area contributed by atoms with Crippen molar-refractivity contribution in [3.8, 4) is 0 Å². The summed E-state index contributed by atoms with van der Waals surface area (Å²) < 4.78 is 5.64. The fourth-order valence-electron chi connectivity index (χ4n) is 5.65. The second-order valence-corrected chi connectivity index (χ2v) is 11.5. The van der Waals surface area contributed by atoms with Crippen LogP contribution in [-0.4, -0.2) is 71.8 Å². The fraction of sp³-hybridized carbons (Fsp3) is 0.767. The van der Waals surface area contributed by atoms with E-state index in [9.17, 15) is 24.0 Å². The summed E-state index contributed by atoms with van der Waals surface area (Å²) in [6, 6.07) is -2.10. The first kappa shape index (κ1) is 33.3. The number of rotatable bonds is 16. The minimum Gasteiger partial charge on any atom is -0.446 e. The summed E-state index contributed by atoms with van der Waals surface area (Å²) in [6.45, 7) is 12.4. The molecule has 2 fully saturated rings. The average molecular weight is 563 g/mol. The molecule has 2 aliphatic rings. The smallest absolute Gasteiger partial charge is 0.407 e. The molecule has 1 aliphatic heterocycles. The Labute approximate surface area is 239 Å². The summed E-state index contributed by atoms with van der Waals surface area (Å²) in [5.74, 6) is -1.50. The Balaban J connectivity index is 2.03. The molecule has 1 saturated carbocycles. The molecule has 6 unspecified atom stereocenters. The molecule has 4 amide bonds. The van der Waals surface area contributed by atoms with Crippen molar-refractivity contribution in [1.29, 1.82) is 0 Å². The van der Waals surface area contributed by atoms with Gasteiger partial charge in [-0.3, -0.25) is 19.2 Å². The number of likely N-dealkylation sites (tertiary alicyclic amines) is 1. The van der Waals surface area contributed by atoms with Crippen LogP contribution in [0.3, 0.4) is 0 Å². The summed E-state index contributed by atoms with van der Waals surface area (Å²) in [7, 11) is 0. The van der Waals surface area contributed by atoms with Gasteiger partial charge in [-0.1, -0.05) is 46.6 Å². The monoisotopic (exact) mass is 562 g/mol. The van der Waals surface area contributed by atoms with Crippen molar-refractivity contribution < 1.29 is 28.7 Å². The van der Waals surface area contributed by atoms with E-state index < -0.39 is 41.8 Å². The number of amides is 4. The molecule has 1 aliphatic carbocycles. The molecule has 2 rings (SSSR count). The normalized spacial score (nSPS) is 22.6. The number of carbonyl (C=O) groups excluding carboxylic acids is 5. The Hall–Kier alpha value is -2.91. The highest BCUT2D eigenvalue weighted by Crippen LogP contribution is 2.27. The lowest BCUT2D eigenvalue weighted by molar-refractivity contribution is -0.142. The molecule has 1 heterocycles. The molecular weight excluding hydrogens is 512 g/mol. The molecule has 40 heavy (non-hydrogen) atoms. The zero-order chi connectivity index (χ0) is 29.7. The minimum absolute atomic E-state index is 0.0463. The van der Waals surface area contributed by atoms with Crippen LogP contribution in [-0.2, 0) is 23.9 Å². The van der Waals surface area contributed by atoms with Gasteiger partial charge in [-0.25, -0.2) is 4.79 Å². The number of hydrogen-bond donors (Lipinski definition) is 3. The predicted octanol–water partition coefficient (Wildman–Crippen LogP) is 3.63. The van der Waals surface area contributed by atoms with Crippen LogP contribution in [0, 0.1) is 11.8 Å². The van der Waals surface area contributed by atoms with Crippen molar-refractivity contribution in [1.82, 2.24) is 20.9 Å². The highest BCUT2D eigenvalue weighted by atomic mass is 16.6. The van der Waals surface area contributed by atoms with E-state index >= 15 is 0 Å². The van der Waals surface area contributed by atoms with Crippen LogP contribution in [0.4, 0.5) is 4.79 Å². The predicted molar refractivity (Wildman–Crippen MR) is 153 cm³/mol. The van der Waals surface area contributed by atoms with Gasteiger partial charge in [-0.2, -0.15) is 0 Å². The van der Waals surface area contributed by atoms with Crippen LogP contribution in [0.1, 0.15) is 98.3 Å². The molecule has 0 aromatic heterocycles. The van der Waals surface area contributed by atoms with Gasteiger partial charge in [0.15, 0.2) is 0 Å². The van der Waals surface area contributed by atoms with Crippen molar-refractivity contribution in [2.75, 3.05) is 13.1 Å². The van der Waals surface area contributed by atoms with Crippen LogP contribution in [0.25, 0.3) is 0 Å². The topological polar surface area (TPSA) is 134 Å². The zero-order valence-corrected chi connectivity index (χ0v) is 24.8.